The van der Waals surface area contributed by atoms with E-state index in [4.69, 9.17) is 4.74 Å². The average molecular weight is 664 g/mol. The summed E-state index contributed by atoms with van der Waals surface area (Å²) in [5.41, 5.74) is 0.574. The number of amides is 2. The normalized spacial score (nSPS) is 13.2. The number of carbonyl (C=O) groups excluding carboxylic acids is 3. The SMILES string of the molecule is CCOC(=O)c1c(NC(=O)CSc2nnc(CNC(=O)c3cccs3)n2-c2cccc(C(F)(F)F)c2)sc2c1CCCCC2. The van der Waals surface area contributed by atoms with Crippen LogP contribution in [-0.4, -0.2) is 44.9 Å². The highest BCUT2D eigenvalue weighted by Crippen LogP contribution is 2.38. The number of nitrogens with zero attached hydrogens (tertiary/aromatic N) is 3. The Labute approximate surface area is 263 Å². The van der Waals surface area contributed by atoms with E-state index >= 15 is 0 Å². The first-order chi connectivity index (χ1) is 21.2. The highest BCUT2D eigenvalue weighted by Gasteiger charge is 2.31. The Kier molecular flexibility index (Phi) is 10.1. The largest absolute Gasteiger partial charge is 0.462 e. The standard InChI is InChI=1S/C29H28F3N5O4S3/c1-2-41-27(40)24-19-10-4-3-5-11-20(19)44-26(24)34-23(38)16-43-28-36-35-22(15-33-25(39)21-12-7-13-42-21)37(28)18-9-6-8-17(14-18)29(30,31)32/h6-9,12-14H,2-5,10-11,15-16H2,1H3,(H,33,39)(H,34,38). The maximum Gasteiger partial charge on any atom is 0.416 e. The summed E-state index contributed by atoms with van der Waals surface area (Å²) >= 11 is 3.59. The molecule has 3 heterocycles. The van der Waals surface area contributed by atoms with E-state index in [0.717, 1.165) is 66.4 Å². The van der Waals surface area contributed by atoms with Crippen molar-refractivity contribution in [3.8, 4) is 5.69 Å². The zero-order chi connectivity index (χ0) is 31.3. The molecule has 4 aromatic rings. The molecule has 1 aromatic carbocycles. The van der Waals surface area contributed by atoms with E-state index in [2.05, 4.69) is 20.8 Å². The van der Waals surface area contributed by atoms with Crippen LogP contribution < -0.4 is 10.6 Å². The number of halogens is 3. The van der Waals surface area contributed by atoms with Gasteiger partial charge in [-0.25, -0.2) is 4.79 Å². The number of rotatable bonds is 10. The number of anilines is 1. The van der Waals surface area contributed by atoms with Gasteiger partial charge >= 0.3 is 12.1 Å². The number of esters is 1. The number of thiophene rings is 2. The molecule has 0 spiro atoms. The van der Waals surface area contributed by atoms with Gasteiger partial charge in [-0.1, -0.05) is 30.3 Å². The Morgan fingerprint density at radius 1 is 1.09 bits per heavy atom. The molecule has 1 aliphatic carbocycles. The van der Waals surface area contributed by atoms with Crippen LogP contribution in [-0.2, 0) is 35.1 Å². The molecular formula is C29H28F3N5O4S3. The summed E-state index contributed by atoms with van der Waals surface area (Å²) in [7, 11) is 0. The number of alkyl halides is 3. The number of fused-ring (bicyclic) bond motifs is 1. The highest BCUT2D eigenvalue weighted by molar-refractivity contribution is 7.99. The summed E-state index contributed by atoms with van der Waals surface area (Å²) in [5.74, 6) is -1.25. The molecule has 0 fully saturated rings. The Morgan fingerprint density at radius 2 is 1.91 bits per heavy atom. The Bertz CT molecular complexity index is 1650. The lowest BCUT2D eigenvalue weighted by molar-refractivity contribution is -0.137. The second kappa shape index (κ2) is 13.9. The number of carbonyl (C=O) groups is 3. The molecule has 232 valence electrons. The third kappa shape index (κ3) is 7.33. The Hall–Kier alpha value is -3.69. The molecule has 0 aliphatic heterocycles. The van der Waals surface area contributed by atoms with E-state index in [-0.39, 0.29) is 41.5 Å². The summed E-state index contributed by atoms with van der Waals surface area (Å²) in [6.45, 7) is 1.81. The molecule has 0 saturated carbocycles. The summed E-state index contributed by atoms with van der Waals surface area (Å²) in [6, 6.07) is 8.03. The molecule has 0 radical (unpaired) electrons. The molecule has 5 rings (SSSR count). The Balaban J connectivity index is 1.38. The number of nitrogens with one attached hydrogen (secondary N) is 2. The number of aromatic nitrogens is 3. The van der Waals surface area contributed by atoms with Crippen molar-refractivity contribution < 1.29 is 32.3 Å². The van der Waals surface area contributed by atoms with Crippen molar-refractivity contribution in [1.82, 2.24) is 20.1 Å². The van der Waals surface area contributed by atoms with Crippen LogP contribution in [0, 0.1) is 0 Å². The van der Waals surface area contributed by atoms with E-state index < -0.39 is 23.6 Å². The summed E-state index contributed by atoms with van der Waals surface area (Å²) in [6.07, 6.45) is -0.0189. The van der Waals surface area contributed by atoms with Crippen LogP contribution in [0.3, 0.4) is 0 Å². The second-order valence-electron chi connectivity index (χ2n) is 9.77. The second-order valence-corrected chi connectivity index (χ2v) is 12.8. The molecule has 0 bridgehead atoms. The first-order valence-corrected chi connectivity index (χ1v) is 16.5. The summed E-state index contributed by atoms with van der Waals surface area (Å²) in [5, 5.41) is 16.2. The van der Waals surface area contributed by atoms with Gasteiger partial charge in [-0.15, -0.1) is 32.9 Å². The van der Waals surface area contributed by atoms with Gasteiger partial charge in [-0.05, 0) is 67.8 Å². The van der Waals surface area contributed by atoms with Crippen LogP contribution in [0.2, 0.25) is 0 Å². The van der Waals surface area contributed by atoms with E-state index in [9.17, 15) is 27.6 Å². The van der Waals surface area contributed by atoms with E-state index in [1.807, 2.05) is 0 Å². The van der Waals surface area contributed by atoms with Crippen molar-refractivity contribution in [1.29, 1.82) is 0 Å². The molecule has 0 saturated heterocycles. The lowest BCUT2D eigenvalue weighted by atomic mass is 10.1. The molecule has 1 aliphatic rings. The molecule has 0 atom stereocenters. The molecule has 2 N–H and O–H groups in total. The van der Waals surface area contributed by atoms with Gasteiger partial charge in [0.1, 0.15) is 5.00 Å². The molecule has 44 heavy (non-hydrogen) atoms. The van der Waals surface area contributed by atoms with Gasteiger partial charge in [-0.3, -0.25) is 14.2 Å². The van der Waals surface area contributed by atoms with Crippen molar-refractivity contribution in [2.75, 3.05) is 17.7 Å². The first-order valence-electron chi connectivity index (χ1n) is 13.8. The Morgan fingerprint density at radius 3 is 2.66 bits per heavy atom. The van der Waals surface area contributed by atoms with E-state index in [1.165, 1.54) is 39.4 Å². The van der Waals surface area contributed by atoms with Gasteiger partial charge in [0.05, 0.1) is 40.6 Å². The molecule has 15 heteroatoms. The summed E-state index contributed by atoms with van der Waals surface area (Å²) < 4.78 is 47.3. The zero-order valence-electron chi connectivity index (χ0n) is 23.5. The van der Waals surface area contributed by atoms with Crippen LogP contribution in [0.4, 0.5) is 18.2 Å². The molecule has 3 aromatic heterocycles. The number of ether oxygens (including phenoxy) is 1. The molecule has 9 nitrogen and oxygen atoms in total. The van der Waals surface area contributed by atoms with Crippen molar-refractivity contribution in [2.24, 2.45) is 0 Å². The zero-order valence-corrected chi connectivity index (χ0v) is 26.0. The average Bonchev–Trinajstić information content (AvgIpc) is 3.71. The van der Waals surface area contributed by atoms with Crippen LogP contribution in [0.15, 0.2) is 46.9 Å². The molecule has 2 amide bonds. The lowest BCUT2D eigenvalue weighted by Crippen LogP contribution is -2.24. The monoisotopic (exact) mass is 663 g/mol. The third-order valence-electron chi connectivity index (χ3n) is 6.77. The van der Waals surface area contributed by atoms with Crippen molar-refractivity contribution in [3.05, 3.63) is 74.0 Å². The van der Waals surface area contributed by atoms with E-state index in [1.54, 1.807) is 24.4 Å². The van der Waals surface area contributed by atoms with Gasteiger partial charge < -0.3 is 15.4 Å². The minimum atomic E-state index is -4.58. The fraction of sp³-hybridized carbons (Fsp3) is 0.345. The van der Waals surface area contributed by atoms with Gasteiger partial charge in [0.2, 0.25) is 5.91 Å². The predicted molar refractivity (Wildman–Crippen MR) is 163 cm³/mol. The number of thioether (sulfide) groups is 1. The van der Waals surface area contributed by atoms with Gasteiger partial charge in [0, 0.05) is 4.88 Å². The van der Waals surface area contributed by atoms with Crippen LogP contribution >= 0.6 is 34.4 Å². The van der Waals surface area contributed by atoms with Crippen molar-refractivity contribution >= 4 is 57.2 Å². The number of benzene rings is 1. The third-order valence-corrected chi connectivity index (χ3v) is 9.78. The van der Waals surface area contributed by atoms with Crippen LogP contribution in [0.5, 0.6) is 0 Å². The van der Waals surface area contributed by atoms with E-state index in [0.29, 0.717) is 15.4 Å². The number of hydrogen-bond donors (Lipinski definition) is 2. The van der Waals surface area contributed by atoms with Gasteiger partial charge in [0.15, 0.2) is 11.0 Å². The lowest BCUT2D eigenvalue weighted by Gasteiger charge is -2.13. The molecular weight excluding hydrogens is 636 g/mol. The maximum absolute atomic E-state index is 13.5. The molecule has 0 unspecified atom stereocenters. The van der Waals surface area contributed by atoms with Crippen molar-refractivity contribution in [3.63, 3.8) is 0 Å². The number of hydrogen-bond acceptors (Lipinski definition) is 9. The van der Waals surface area contributed by atoms with Gasteiger partial charge in [0.25, 0.3) is 5.91 Å². The minimum absolute atomic E-state index is 0.115. The smallest absolute Gasteiger partial charge is 0.416 e. The van der Waals surface area contributed by atoms with Crippen LogP contribution in [0.1, 0.15) is 68.0 Å². The minimum Gasteiger partial charge on any atom is -0.462 e. The summed E-state index contributed by atoms with van der Waals surface area (Å²) in [4.78, 5) is 40.1. The highest BCUT2D eigenvalue weighted by atomic mass is 32.2. The quantitative estimate of drug-likeness (QED) is 0.113. The first kappa shape index (κ1) is 31.7. The topological polar surface area (TPSA) is 115 Å². The van der Waals surface area contributed by atoms with Crippen LogP contribution in [0.25, 0.3) is 5.69 Å². The fourth-order valence-electron chi connectivity index (χ4n) is 4.79. The maximum atomic E-state index is 13.5. The number of aryl methyl sites for hydroxylation is 1. The fourth-order valence-corrected chi connectivity index (χ4v) is 7.49. The predicted octanol–water partition coefficient (Wildman–Crippen LogP) is 6.52. The van der Waals surface area contributed by atoms with Crippen molar-refractivity contribution in [2.45, 2.75) is 56.9 Å². The van der Waals surface area contributed by atoms with Gasteiger partial charge in [-0.2, -0.15) is 13.2 Å².